The zero-order valence-corrected chi connectivity index (χ0v) is 16.8. The predicted molar refractivity (Wildman–Crippen MR) is 120 cm³/mol. The normalized spacial score (nSPS) is 14.8. The lowest BCUT2D eigenvalue weighted by molar-refractivity contribution is 0.286. The van der Waals surface area contributed by atoms with E-state index in [1.807, 2.05) is 30.3 Å². The first-order valence-corrected chi connectivity index (χ1v) is 10.6. The van der Waals surface area contributed by atoms with Crippen LogP contribution in [0, 0.1) is 0 Å². The monoisotopic (exact) mass is 399 g/mol. The molecule has 3 heterocycles. The Morgan fingerprint density at radius 2 is 1.72 bits per heavy atom. The molecule has 4 aromatic rings. The maximum absolute atomic E-state index is 12.6. The highest BCUT2D eigenvalue weighted by Crippen LogP contribution is 2.31. The molecule has 5 rings (SSSR count). The van der Waals surface area contributed by atoms with Gasteiger partial charge < -0.3 is 4.98 Å². The number of thiophene rings is 1. The van der Waals surface area contributed by atoms with Gasteiger partial charge in [0.1, 0.15) is 10.7 Å². The number of H-pyrrole nitrogens is 1. The summed E-state index contributed by atoms with van der Waals surface area (Å²) in [6.07, 6.45) is 3.29. The molecule has 0 atom stereocenters. The van der Waals surface area contributed by atoms with Gasteiger partial charge in [-0.25, -0.2) is 4.98 Å². The van der Waals surface area contributed by atoms with Crippen molar-refractivity contribution in [3.63, 3.8) is 0 Å². The smallest absolute Gasteiger partial charge is 0.259 e. The highest BCUT2D eigenvalue weighted by molar-refractivity contribution is 7.21. The van der Waals surface area contributed by atoms with E-state index in [1.54, 1.807) is 11.3 Å². The van der Waals surface area contributed by atoms with Gasteiger partial charge in [0.05, 0.1) is 11.9 Å². The third kappa shape index (κ3) is 3.79. The van der Waals surface area contributed by atoms with Crippen molar-refractivity contribution >= 4 is 27.1 Å². The molecule has 0 saturated carbocycles. The Labute approximate surface area is 173 Å². The van der Waals surface area contributed by atoms with E-state index in [0.717, 1.165) is 40.6 Å². The van der Waals surface area contributed by atoms with Crippen LogP contribution in [0.2, 0.25) is 0 Å². The molecule has 4 nitrogen and oxygen atoms in total. The van der Waals surface area contributed by atoms with Gasteiger partial charge in [-0.1, -0.05) is 66.7 Å². The highest BCUT2D eigenvalue weighted by Gasteiger charge is 2.16. The van der Waals surface area contributed by atoms with Crippen LogP contribution in [0.25, 0.3) is 26.2 Å². The molecule has 5 heteroatoms. The quantitative estimate of drug-likeness (QED) is 0.529. The summed E-state index contributed by atoms with van der Waals surface area (Å²) in [6.45, 7) is 2.48. The molecule has 0 radical (unpaired) electrons. The second kappa shape index (κ2) is 7.78. The summed E-state index contributed by atoms with van der Waals surface area (Å²) in [6, 6.07) is 22.6. The largest absolute Gasteiger partial charge is 0.309 e. The average Bonchev–Trinajstić information content (AvgIpc) is 3.20. The molecular weight excluding hydrogens is 378 g/mol. The molecule has 0 saturated heterocycles. The van der Waals surface area contributed by atoms with Gasteiger partial charge in [0, 0.05) is 18.0 Å². The second-order valence-corrected chi connectivity index (χ2v) is 8.32. The molecule has 0 bridgehead atoms. The van der Waals surface area contributed by atoms with E-state index in [1.165, 1.54) is 11.1 Å². The number of fused-ring (bicyclic) bond motifs is 1. The van der Waals surface area contributed by atoms with E-state index in [2.05, 4.69) is 52.4 Å². The minimum atomic E-state index is -0.0547. The number of aromatic amines is 1. The minimum absolute atomic E-state index is 0.0547. The maximum Gasteiger partial charge on any atom is 0.259 e. The number of benzene rings is 2. The van der Waals surface area contributed by atoms with Crippen molar-refractivity contribution in [2.75, 3.05) is 13.1 Å². The van der Waals surface area contributed by atoms with E-state index in [-0.39, 0.29) is 5.56 Å². The molecule has 1 aliphatic rings. The Morgan fingerprint density at radius 1 is 1.00 bits per heavy atom. The Bertz CT molecular complexity index is 1230. The first kappa shape index (κ1) is 18.0. The van der Waals surface area contributed by atoms with Gasteiger partial charge in [-0.2, -0.15) is 0 Å². The first-order chi connectivity index (χ1) is 14.3. The van der Waals surface area contributed by atoms with Crippen LogP contribution in [-0.2, 0) is 6.54 Å². The van der Waals surface area contributed by atoms with Crippen molar-refractivity contribution in [1.29, 1.82) is 0 Å². The summed E-state index contributed by atoms with van der Waals surface area (Å²) in [4.78, 5) is 24.5. The maximum atomic E-state index is 12.6. The SMILES string of the molecule is O=c1[nH]c(CN2CC=C(c3ccccc3)CC2)nc2sc(-c3ccccc3)cc12. The molecule has 1 N–H and O–H groups in total. The zero-order valence-electron chi connectivity index (χ0n) is 16.0. The molecule has 29 heavy (non-hydrogen) atoms. The highest BCUT2D eigenvalue weighted by atomic mass is 32.1. The first-order valence-electron chi connectivity index (χ1n) is 9.81. The third-order valence-corrected chi connectivity index (χ3v) is 6.40. The van der Waals surface area contributed by atoms with Crippen molar-refractivity contribution in [2.45, 2.75) is 13.0 Å². The molecule has 0 fully saturated rings. The molecule has 1 aliphatic heterocycles. The third-order valence-electron chi connectivity index (χ3n) is 5.32. The van der Waals surface area contributed by atoms with Gasteiger partial charge in [-0.15, -0.1) is 11.3 Å². The van der Waals surface area contributed by atoms with Gasteiger partial charge in [0.25, 0.3) is 5.56 Å². The number of rotatable bonds is 4. The standard InChI is InChI=1S/C24H21N3OS/c28-23-20-15-21(19-9-5-2-6-10-19)29-24(20)26-22(25-23)16-27-13-11-18(12-14-27)17-7-3-1-4-8-17/h1-11,15H,12-14,16H2,(H,25,26,28). The van der Waals surface area contributed by atoms with Crippen LogP contribution in [0.1, 0.15) is 17.8 Å². The van der Waals surface area contributed by atoms with Crippen LogP contribution >= 0.6 is 11.3 Å². The zero-order chi connectivity index (χ0) is 19.6. The number of hydrogen-bond donors (Lipinski definition) is 1. The number of aromatic nitrogens is 2. The fourth-order valence-corrected chi connectivity index (χ4v) is 4.83. The van der Waals surface area contributed by atoms with E-state index in [0.29, 0.717) is 11.9 Å². The van der Waals surface area contributed by atoms with Crippen molar-refractivity contribution in [1.82, 2.24) is 14.9 Å². The van der Waals surface area contributed by atoms with Crippen LogP contribution < -0.4 is 5.56 Å². The van der Waals surface area contributed by atoms with Crippen LogP contribution in [0.5, 0.6) is 0 Å². The Kier molecular flexibility index (Phi) is 4.84. The van der Waals surface area contributed by atoms with Crippen molar-refractivity contribution < 1.29 is 0 Å². The van der Waals surface area contributed by atoms with Gasteiger partial charge in [-0.05, 0) is 29.2 Å². The topological polar surface area (TPSA) is 49.0 Å². The van der Waals surface area contributed by atoms with E-state index in [4.69, 9.17) is 4.98 Å². The Morgan fingerprint density at radius 3 is 2.41 bits per heavy atom. The van der Waals surface area contributed by atoms with E-state index >= 15 is 0 Å². The predicted octanol–water partition coefficient (Wildman–Crippen LogP) is 4.94. The molecular formula is C24H21N3OS. The molecule has 0 aliphatic carbocycles. The van der Waals surface area contributed by atoms with Crippen molar-refractivity contribution in [3.8, 4) is 10.4 Å². The van der Waals surface area contributed by atoms with E-state index < -0.39 is 0 Å². The fraction of sp³-hybridized carbons (Fsp3) is 0.167. The summed E-state index contributed by atoms with van der Waals surface area (Å²) >= 11 is 1.58. The van der Waals surface area contributed by atoms with Crippen LogP contribution in [0.3, 0.4) is 0 Å². The number of hydrogen-bond acceptors (Lipinski definition) is 4. The van der Waals surface area contributed by atoms with Crippen molar-refractivity contribution in [3.05, 3.63) is 94.5 Å². The van der Waals surface area contributed by atoms with Crippen LogP contribution in [0.15, 0.2) is 77.6 Å². The second-order valence-electron chi connectivity index (χ2n) is 7.29. The minimum Gasteiger partial charge on any atom is -0.309 e. The molecule has 2 aromatic carbocycles. The summed E-state index contributed by atoms with van der Waals surface area (Å²) < 4.78 is 0. The van der Waals surface area contributed by atoms with Gasteiger partial charge in [0.2, 0.25) is 0 Å². The lowest BCUT2D eigenvalue weighted by Crippen LogP contribution is -2.29. The molecule has 0 unspecified atom stereocenters. The van der Waals surface area contributed by atoms with Crippen LogP contribution in [0.4, 0.5) is 0 Å². The molecule has 2 aromatic heterocycles. The Hall–Kier alpha value is -3.02. The van der Waals surface area contributed by atoms with Gasteiger partial charge in [0.15, 0.2) is 0 Å². The van der Waals surface area contributed by atoms with Crippen molar-refractivity contribution in [2.24, 2.45) is 0 Å². The van der Waals surface area contributed by atoms with E-state index in [9.17, 15) is 4.79 Å². The summed E-state index contributed by atoms with van der Waals surface area (Å²) in [5.74, 6) is 0.737. The number of nitrogens with one attached hydrogen (secondary N) is 1. The lowest BCUT2D eigenvalue weighted by Gasteiger charge is -2.25. The summed E-state index contributed by atoms with van der Waals surface area (Å²) in [5, 5.41) is 0.669. The lowest BCUT2D eigenvalue weighted by atomic mass is 10.00. The van der Waals surface area contributed by atoms with Crippen LogP contribution in [-0.4, -0.2) is 28.0 Å². The average molecular weight is 400 g/mol. The summed E-state index contributed by atoms with van der Waals surface area (Å²) in [5.41, 5.74) is 3.75. The molecule has 144 valence electrons. The van der Waals surface area contributed by atoms with Gasteiger partial charge >= 0.3 is 0 Å². The molecule has 0 amide bonds. The fourth-order valence-electron chi connectivity index (χ4n) is 3.78. The molecule has 0 spiro atoms. The number of nitrogens with zero attached hydrogens (tertiary/aromatic N) is 2. The Balaban J connectivity index is 1.36. The summed E-state index contributed by atoms with van der Waals surface area (Å²) in [7, 11) is 0. The van der Waals surface area contributed by atoms with Gasteiger partial charge in [-0.3, -0.25) is 9.69 Å².